The maximum absolute atomic E-state index is 12.1. The zero-order chi connectivity index (χ0) is 13.8. The summed E-state index contributed by atoms with van der Waals surface area (Å²) < 4.78 is 0. The highest BCUT2D eigenvalue weighted by Gasteiger charge is 2.09. The molecule has 0 bridgehead atoms. The Kier molecular flexibility index (Phi) is 3.24. The van der Waals surface area contributed by atoms with Gasteiger partial charge in [0.15, 0.2) is 0 Å². The molecule has 1 aromatic carbocycles. The average molecular weight is 264 g/mol. The molecule has 3 rings (SSSR count). The third-order valence-corrected chi connectivity index (χ3v) is 2.90. The van der Waals surface area contributed by atoms with Gasteiger partial charge in [-0.05, 0) is 18.2 Å². The van der Waals surface area contributed by atoms with Gasteiger partial charge in [-0.1, -0.05) is 18.2 Å². The van der Waals surface area contributed by atoms with Crippen LogP contribution in [0.5, 0.6) is 0 Å². The van der Waals surface area contributed by atoms with Gasteiger partial charge in [0.2, 0.25) is 0 Å². The summed E-state index contributed by atoms with van der Waals surface area (Å²) in [5, 5.41) is 4.93. The van der Waals surface area contributed by atoms with E-state index in [0.717, 1.165) is 16.5 Å². The van der Waals surface area contributed by atoms with Gasteiger partial charge in [0.1, 0.15) is 0 Å². The molecule has 2 N–H and O–H groups in total. The van der Waals surface area contributed by atoms with Gasteiger partial charge in [-0.25, -0.2) is 5.43 Å². The molecule has 0 aliphatic rings. The number of carbonyl (C=O) groups is 1. The molecule has 5 heteroatoms. The smallest absolute Gasteiger partial charge is 0.273 e. The molecule has 5 nitrogen and oxygen atoms in total. The summed E-state index contributed by atoms with van der Waals surface area (Å²) in [7, 11) is 0. The summed E-state index contributed by atoms with van der Waals surface area (Å²) in [5.41, 5.74) is 4.71. The quantitative estimate of drug-likeness (QED) is 0.563. The molecule has 0 saturated carbocycles. The van der Waals surface area contributed by atoms with Crippen LogP contribution in [-0.2, 0) is 0 Å². The molecule has 0 unspecified atom stereocenters. The van der Waals surface area contributed by atoms with Crippen molar-refractivity contribution in [3.05, 3.63) is 66.1 Å². The van der Waals surface area contributed by atoms with Crippen molar-refractivity contribution >= 4 is 23.0 Å². The van der Waals surface area contributed by atoms with Crippen LogP contribution >= 0.6 is 0 Å². The molecule has 2 heterocycles. The highest BCUT2D eigenvalue weighted by molar-refractivity contribution is 6.05. The number of fused-ring (bicyclic) bond motifs is 1. The van der Waals surface area contributed by atoms with E-state index >= 15 is 0 Å². The number of rotatable bonds is 3. The number of carbonyl (C=O) groups excluding carboxylic acids is 1. The maximum atomic E-state index is 12.1. The number of pyridine rings is 1. The van der Waals surface area contributed by atoms with Crippen LogP contribution in [0.15, 0.2) is 60.1 Å². The third kappa shape index (κ3) is 2.42. The minimum absolute atomic E-state index is 0.252. The lowest BCUT2D eigenvalue weighted by atomic mass is 10.1. The summed E-state index contributed by atoms with van der Waals surface area (Å²) in [4.78, 5) is 19.1. The fourth-order valence-corrected chi connectivity index (χ4v) is 1.95. The maximum Gasteiger partial charge on any atom is 0.273 e. The minimum atomic E-state index is -0.252. The predicted octanol–water partition coefficient (Wildman–Crippen LogP) is 2.33. The molecule has 3 aromatic rings. The fraction of sp³-hybridized carbons (Fsp3) is 0. The molecule has 0 atom stereocenters. The molecule has 1 amide bonds. The highest BCUT2D eigenvalue weighted by atomic mass is 16.2. The molecule has 0 aliphatic heterocycles. The minimum Gasteiger partial charge on any atom is -0.361 e. The van der Waals surface area contributed by atoms with Crippen molar-refractivity contribution in [1.82, 2.24) is 15.4 Å². The first-order chi connectivity index (χ1) is 9.84. The van der Waals surface area contributed by atoms with Crippen molar-refractivity contribution in [3.8, 4) is 0 Å². The number of nitrogens with one attached hydrogen (secondary N) is 2. The van der Waals surface area contributed by atoms with Crippen LogP contribution in [-0.4, -0.2) is 22.1 Å². The summed E-state index contributed by atoms with van der Waals surface area (Å²) in [6.07, 6.45) is 6.71. The molecular formula is C15H12N4O. The fourth-order valence-electron chi connectivity index (χ4n) is 1.95. The number of benzene rings is 1. The Morgan fingerprint density at radius 2 is 2.20 bits per heavy atom. The van der Waals surface area contributed by atoms with Crippen LogP contribution in [0.3, 0.4) is 0 Å². The van der Waals surface area contributed by atoms with Crippen molar-refractivity contribution in [2.75, 3.05) is 0 Å². The Bertz CT molecular complexity index is 762. The number of hydrogen-bond donors (Lipinski definition) is 2. The van der Waals surface area contributed by atoms with Crippen LogP contribution < -0.4 is 5.43 Å². The van der Waals surface area contributed by atoms with Crippen molar-refractivity contribution in [2.24, 2.45) is 5.10 Å². The number of para-hydroxylation sites is 1. The Morgan fingerprint density at radius 3 is 3.05 bits per heavy atom. The zero-order valence-corrected chi connectivity index (χ0v) is 10.6. The zero-order valence-electron chi connectivity index (χ0n) is 10.6. The van der Waals surface area contributed by atoms with Crippen LogP contribution in [0.25, 0.3) is 10.9 Å². The molecule has 2 aromatic heterocycles. The van der Waals surface area contributed by atoms with Gasteiger partial charge >= 0.3 is 0 Å². The molecule has 98 valence electrons. The van der Waals surface area contributed by atoms with Gasteiger partial charge in [0.25, 0.3) is 5.91 Å². The van der Waals surface area contributed by atoms with Gasteiger partial charge in [-0.3, -0.25) is 9.78 Å². The summed E-state index contributed by atoms with van der Waals surface area (Å²) in [6.45, 7) is 0. The lowest BCUT2D eigenvalue weighted by molar-refractivity contribution is 0.0956. The molecule has 0 aliphatic carbocycles. The third-order valence-electron chi connectivity index (χ3n) is 2.90. The highest BCUT2D eigenvalue weighted by Crippen LogP contribution is 2.16. The van der Waals surface area contributed by atoms with E-state index in [9.17, 15) is 4.79 Å². The van der Waals surface area contributed by atoms with Crippen molar-refractivity contribution in [1.29, 1.82) is 0 Å². The van der Waals surface area contributed by atoms with E-state index in [2.05, 4.69) is 20.5 Å². The van der Waals surface area contributed by atoms with Crippen LogP contribution in [0.1, 0.15) is 15.9 Å². The van der Waals surface area contributed by atoms with E-state index in [1.54, 1.807) is 30.9 Å². The van der Waals surface area contributed by atoms with Gasteiger partial charge in [-0.15, -0.1) is 0 Å². The van der Waals surface area contributed by atoms with Gasteiger partial charge in [0, 0.05) is 29.5 Å². The second-order valence-corrected chi connectivity index (χ2v) is 4.23. The Labute approximate surface area is 115 Å². The number of hydrogen-bond acceptors (Lipinski definition) is 3. The average Bonchev–Trinajstić information content (AvgIpc) is 2.96. The van der Waals surface area contributed by atoms with E-state index in [-0.39, 0.29) is 5.91 Å². The summed E-state index contributed by atoms with van der Waals surface area (Å²) in [6, 6.07) is 11.1. The first kappa shape index (κ1) is 12.1. The van der Waals surface area contributed by atoms with E-state index in [4.69, 9.17) is 0 Å². The first-order valence-electron chi connectivity index (χ1n) is 6.14. The molecule has 20 heavy (non-hydrogen) atoms. The van der Waals surface area contributed by atoms with Crippen LogP contribution in [0.4, 0.5) is 0 Å². The first-order valence-corrected chi connectivity index (χ1v) is 6.14. The summed E-state index contributed by atoms with van der Waals surface area (Å²) in [5.74, 6) is -0.252. The number of hydrazone groups is 1. The van der Waals surface area contributed by atoms with Crippen LogP contribution in [0, 0.1) is 0 Å². The van der Waals surface area contributed by atoms with E-state index in [0.29, 0.717) is 5.56 Å². The van der Waals surface area contributed by atoms with E-state index in [1.165, 1.54) is 0 Å². The largest absolute Gasteiger partial charge is 0.361 e. The SMILES string of the molecule is O=C(NN=Cc1cccnc1)c1cccc2cc[nH]c12. The predicted molar refractivity (Wildman–Crippen MR) is 77.6 cm³/mol. The normalized spacial score (nSPS) is 11.0. The summed E-state index contributed by atoms with van der Waals surface area (Å²) >= 11 is 0. The van der Waals surface area contributed by atoms with Gasteiger partial charge < -0.3 is 4.98 Å². The number of nitrogens with zero attached hydrogens (tertiary/aromatic N) is 2. The molecule has 0 fully saturated rings. The Hall–Kier alpha value is -2.95. The molecule has 0 saturated heterocycles. The number of H-pyrrole nitrogens is 1. The topological polar surface area (TPSA) is 70.1 Å². The number of aromatic amines is 1. The molecular weight excluding hydrogens is 252 g/mol. The van der Waals surface area contributed by atoms with Crippen molar-refractivity contribution in [3.63, 3.8) is 0 Å². The van der Waals surface area contributed by atoms with Gasteiger partial charge in [-0.2, -0.15) is 5.10 Å². The monoisotopic (exact) mass is 264 g/mol. The van der Waals surface area contributed by atoms with Crippen LogP contribution in [0.2, 0.25) is 0 Å². The van der Waals surface area contributed by atoms with Crippen molar-refractivity contribution < 1.29 is 4.79 Å². The van der Waals surface area contributed by atoms with Gasteiger partial charge in [0.05, 0.1) is 17.3 Å². The lowest BCUT2D eigenvalue weighted by Crippen LogP contribution is -2.18. The molecule has 0 radical (unpaired) electrons. The van der Waals surface area contributed by atoms with E-state index < -0.39 is 0 Å². The number of amides is 1. The van der Waals surface area contributed by atoms with E-state index in [1.807, 2.05) is 30.3 Å². The Balaban J connectivity index is 1.77. The molecule has 0 spiro atoms. The number of aromatic nitrogens is 2. The lowest BCUT2D eigenvalue weighted by Gasteiger charge is -2.01. The second-order valence-electron chi connectivity index (χ2n) is 4.23. The van der Waals surface area contributed by atoms with Crippen molar-refractivity contribution in [2.45, 2.75) is 0 Å². The second kappa shape index (κ2) is 5.36. The standard InChI is InChI=1S/C15H12N4O/c20-15(19-18-10-11-3-2-7-16-9-11)13-5-1-4-12-6-8-17-14(12)13/h1-10,17H,(H,19,20). The Morgan fingerprint density at radius 1 is 1.25 bits per heavy atom.